The van der Waals surface area contributed by atoms with Crippen molar-refractivity contribution in [2.24, 2.45) is 0 Å². The third kappa shape index (κ3) is 18.2. The Morgan fingerprint density at radius 2 is 1.04 bits per heavy atom. The molecular weight excluding hydrogens is 300 g/mol. The zero-order valence-corrected chi connectivity index (χ0v) is 17.2. The van der Waals surface area contributed by atoms with Crippen molar-refractivity contribution in [2.45, 2.75) is 111 Å². The molecule has 0 saturated heterocycles. The summed E-state index contributed by atoms with van der Waals surface area (Å²) in [6, 6.07) is 0. The van der Waals surface area contributed by atoms with Gasteiger partial charge in [-0.25, -0.2) is 0 Å². The summed E-state index contributed by atoms with van der Waals surface area (Å²) in [7, 11) is 0. The Bertz CT molecular complexity index is 230. The molecule has 0 aromatic carbocycles. The molecule has 0 aromatic heterocycles. The highest BCUT2D eigenvalue weighted by Gasteiger charge is 2.19. The zero-order valence-electron chi connectivity index (χ0n) is 17.2. The lowest BCUT2D eigenvalue weighted by molar-refractivity contribution is -0.120. The van der Waals surface area contributed by atoms with Gasteiger partial charge in [0.1, 0.15) is 6.10 Å². The Labute approximate surface area is 151 Å². The van der Waals surface area contributed by atoms with Crippen molar-refractivity contribution in [2.75, 3.05) is 26.4 Å². The van der Waals surface area contributed by atoms with E-state index in [9.17, 15) is 0 Å². The summed E-state index contributed by atoms with van der Waals surface area (Å²) in [4.78, 5) is 0. The molecule has 0 aliphatic carbocycles. The average Bonchev–Trinajstić information content (AvgIpc) is 2.51. The third-order valence-electron chi connectivity index (χ3n) is 3.91. The highest BCUT2D eigenvalue weighted by molar-refractivity contribution is 4.66. The van der Waals surface area contributed by atoms with Crippen LogP contribution in [0.15, 0.2) is 0 Å². The van der Waals surface area contributed by atoms with Crippen molar-refractivity contribution in [1.29, 1.82) is 0 Å². The normalized spacial score (nSPS) is 12.2. The minimum atomic E-state index is -0.153. The van der Waals surface area contributed by atoms with Crippen molar-refractivity contribution in [1.82, 2.24) is 0 Å². The predicted molar refractivity (Wildman–Crippen MR) is 104 cm³/mol. The molecule has 0 aliphatic rings. The van der Waals surface area contributed by atoms with Gasteiger partial charge in [0.05, 0.1) is 18.8 Å². The molecule has 0 bridgehead atoms. The Kier molecular flexibility index (Phi) is 16.3. The van der Waals surface area contributed by atoms with Crippen LogP contribution in [-0.2, 0) is 14.2 Å². The summed E-state index contributed by atoms with van der Waals surface area (Å²) in [6.45, 7) is 13.7. The largest absolute Gasteiger partial charge is 0.379 e. The van der Waals surface area contributed by atoms with Crippen molar-refractivity contribution in [3.8, 4) is 0 Å². The molecule has 0 unspecified atom stereocenters. The number of ether oxygens (including phenoxy) is 3. The van der Waals surface area contributed by atoms with Crippen LogP contribution in [0.3, 0.4) is 0 Å². The second-order valence-corrected chi connectivity index (χ2v) is 7.83. The van der Waals surface area contributed by atoms with E-state index in [0.29, 0.717) is 13.2 Å². The lowest BCUT2D eigenvalue weighted by Gasteiger charge is -2.27. The first kappa shape index (κ1) is 23.9. The van der Waals surface area contributed by atoms with E-state index in [1.807, 2.05) is 0 Å². The average molecular weight is 345 g/mol. The van der Waals surface area contributed by atoms with Crippen LogP contribution in [0.1, 0.15) is 98.8 Å². The summed E-state index contributed by atoms with van der Waals surface area (Å²) < 4.78 is 17.7. The number of unbranched alkanes of at least 4 members (excludes halogenated alkanes) is 8. The van der Waals surface area contributed by atoms with Gasteiger partial charge in [-0.3, -0.25) is 0 Å². The van der Waals surface area contributed by atoms with Gasteiger partial charge in [-0.2, -0.15) is 0 Å². The van der Waals surface area contributed by atoms with Gasteiger partial charge in [0.2, 0.25) is 0 Å². The summed E-state index contributed by atoms with van der Waals surface area (Å²) in [5.74, 6) is 0. The number of rotatable bonds is 17. The molecule has 0 heterocycles. The van der Waals surface area contributed by atoms with E-state index < -0.39 is 0 Å². The molecule has 146 valence electrons. The minimum absolute atomic E-state index is 0.0382. The first-order valence-corrected chi connectivity index (χ1v) is 10.3. The molecule has 0 saturated carbocycles. The van der Waals surface area contributed by atoms with Crippen molar-refractivity contribution < 1.29 is 14.2 Å². The zero-order chi connectivity index (χ0) is 18.1. The van der Waals surface area contributed by atoms with Gasteiger partial charge in [0.25, 0.3) is 0 Å². The Hall–Kier alpha value is -0.120. The monoisotopic (exact) mass is 344 g/mol. The van der Waals surface area contributed by atoms with Gasteiger partial charge < -0.3 is 14.2 Å². The van der Waals surface area contributed by atoms with E-state index in [2.05, 4.69) is 34.6 Å². The maximum absolute atomic E-state index is 6.08. The van der Waals surface area contributed by atoms with Gasteiger partial charge in [-0.05, 0) is 33.6 Å². The van der Waals surface area contributed by atoms with Crippen molar-refractivity contribution >= 4 is 0 Å². The quantitative estimate of drug-likeness (QED) is 0.296. The van der Waals surface area contributed by atoms with Gasteiger partial charge in [-0.1, -0.05) is 65.2 Å². The van der Waals surface area contributed by atoms with Crippen LogP contribution in [0, 0.1) is 0 Å². The van der Waals surface area contributed by atoms with E-state index in [1.165, 1.54) is 51.4 Å². The van der Waals surface area contributed by atoms with Gasteiger partial charge in [-0.15, -0.1) is 0 Å². The fraction of sp³-hybridized carbons (Fsp3) is 1.00. The molecular formula is C21H44O3. The molecule has 0 rings (SSSR count). The summed E-state index contributed by atoms with van der Waals surface area (Å²) >= 11 is 0. The van der Waals surface area contributed by atoms with E-state index in [-0.39, 0.29) is 11.7 Å². The van der Waals surface area contributed by atoms with Crippen LogP contribution in [-0.4, -0.2) is 38.1 Å². The van der Waals surface area contributed by atoms with Crippen LogP contribution in [0.25, 0.3) is 0 Å². The summed E-state index contributed by atoms with van der Waals surface area (Å²) in [6.07, 6.45) is 12.8. The van der Waals surface area contributed by atoms with Gasteiger partial charge >= 0.3 is 0 Å². The van der Waals surface area contributed by atoms with Crippen LogP contribution >= 0.6 is 0 Å². The number of hydrogen-bond donors (Lipinski definition) is 0. The minimum Gasteiger partial charge on any atom is -0.379 e. The smallest absolute Gasteiger partial charge is 0.105 e. The molecule has 0 N–H and O–H groups in total. The Morgan fingerprint density at radius 1 is 0.625 bits per heavy atom. The number of hydrogen-bond acceptors (Lipinski definition) is 3. The van der Waals surface area contributed by atoms with Crippen LogP contribution in [0.4, 0.5) is 0 Å². The predicted octanol–water partition coefficient (Wildman–Crippen LogP) is 6.14. The molecule has 3 nitrogen and oxygen atoms in total. The maximum atomic E-state index is 6.08. The third-order valence-corrected chi connectivity index (χ3v) is 3.91. The topological polar surface area (TPSA) is 27.7 Å². The van der Waals surface area contributed by atoms with E-state index in [1.54, 1.807) is 0 Å². The first-order valence-electron chi connectivity index (χ1n) is 10.3. The second-order valence-electron chi connectivity index (χ2n) is 7.83. The highest BCUT2D eigenvalue weighted by Crippen LogP contribution is 2.12. The molecule has 0 atom stereocenters. The lowest BCUT2D eigenvalue weighted by atomic mass is 10.1. The molecule has 24 heavy (non-hydrogen) atoms. The fourth-order valence-electron chi connectivity index (χ4n) is 2.66. The summed E-state index contributed by atoms with van der Waals surface area (Å²) in [5, 5.41) is 0. The Morgan fingerprint density at radius 3 is 1.42 bits per heavy atom. The van der Waals surface area contributed by atoms with Crippen molar-refractivity contribution in [3.63, 3.8) is 0 Å². The van der Waals surface area contributed by atoms with Crippen LogP contribution < -0.4 is 0 Å². The van der Waals surface area contributed by atoms with E-state index in [4.69, 9.17) is 14.2 Å². The van der Waals surface area contributed by atoms with Crippen molar-refractivity contribution in [3.05, 3.63) is 0 Å². The SMILES string of the molecule is CCCCCCCOCC(COCCCCCCC)OC(C)(C)C. The summed E-state index contributed by atoms with van der Waals surface area (Å²) in [5.41, 5.74) is -0.153. The van der Waals surface area contributed by atoms with E-state index in [0.717, 1.165) is 26.1 Å². The Balaban J connectivity index is 3.77. The standard InChI is InChI=1S/C21H44O3/c1-6-8-10-12-14-16-22-18-20(24-21(3,4)5)19-23-17-15-13-11-9-7-2/h20H,6-19H2,1-5H3. The molecule has 0 radical (unpaired) electrons. The lowest BCUT2D eigenvalue weighted by Crippen LogP contribution is -2.34. The molecule has 0 amide bonds. The fourth-order valence-corrected chi connectivity index (χ4v) is 2.66. The molecule has 3 heteroatoms. The van der Waals surface area contributed by atoms with E-state index >= 15 is 0 Å². The molecule has 0 aromatic rings. The molecule has 0 fully saturated rings. The maximum Gasteiger partial charge on any atom is 0.105 e. The second kappa shape index (κ2) is 16.4. The van der Waals surface area contributed by atoms with Crippen LogP contribution in [0.5, 0.6) is 0 Å². The molecule has 0 spiro atoms. The first-order chi connectivity index (χ1) is 11.5. The highest BCUT2D eigenvalue weighted by atomic mass is 16.6. The molecule has 0 aliphatic heterocycles. The van der Waals surface area contributed by atoms with Crippen LogP contribution in [0.2, 0.25) is 0 Å². The van der Waals surface area contributed by atoms with Gasteiger partial charge in [0, 0.05) is 13.2 Å². The van der Waals surface area contributed by atoms with Gasteiger partial charge in [0.15, 0.2) is 0 Å².